The zero-order valence-corrected chi connectivity index (χ0v) is 14.8. The second-order valence-corrected chi connectivity index (χ2v) is 6.80. The van der Waals surface area contributed by atoms with Gasteiger partial charge in [-0.1, -0.05) is 6.92 Å². The molecular weight excluding hydrogens is 296 g/mol. The molecule has 0 radical (unpaired) electrons. The van der Waals surface area contributed by atoms with E-state index in [0.717, 1.165) is 57.0 Å². The van der Waals surface area contributed by atoms with Crippen molar-refractivity contribution in [1.82, 2.24) is 15.6 Å². The van der Waals surface area contributed by atoms with Gasteiger partial charge in [0, 0.05) is 31.5 Å². The van der Waals surface area contributed by atoms with E-state index in [1.165, 1.54) is 5.01 Å². The summed E-state index contributed by atoms with van der Waals surface area (Å²) in [6.45, 7) is 9.64. The number of hydrogen-bond donors (Lipinski definition) is 2. The Hall–Kier alpha value is -1.14. The predicted octanol–water partition coefficient (Wildman–Crippen LogP) is 2.37. The Labute approximate surface area is 137 Å². The maximum atomic E-state index is 5.79. The molecule has 124 valence electrons. The van der Waals surface area contributed by atoms with Crippen LogP contribution in [-0.4, -0.2) is 42.8 Å². The van der Waals surface area contributed by atoms with Gasteiger partial charge in [-0.3, -0.25) is 4.99 Å². The first-order valence-corrected chi connectivity index (χ1v) is 9.12. The van der Waals surface area contributed by atoms with E-state index < -0.39 is 0 Å². The van der Waals surface area contributed by atoms with E-state index in [2.05, 4.69) is 46.8 Å². The molecule has 0 saturated carbocycles. The average Bonchev–Trinajstić information content (AvgIpc) is 3.14. The standard InChI is InChI=1S/C16H28N4OS/c1-4-14-20-13(11-22-14)7-9-18-15(17-5-2)19-12-16(3)8-6-10-21-16/h11H,4-10,12H2,1-3H3,(H2,17,18,19). The van der Waals surface area contributed by atoms with Gasteiger partial charge in [0.15, 0.2) is 5.96 Å². The summed E-state index contributed by atoms with van der Waals surface area (Å²) in [6, 6.07) is 0. The topological polar surface area (TPSA) is 58.5 Å². The normalized spacial score (nSPS) is 22.0. The summed E-state index contributed by atoms with van der Waals surface area (Å²) >= 11 is 1.74. The molecule has 1 unspecified atom stereocenters. The Morgan fingerprint density at radius 1 is 1.45 bits per heavy atom. The molecule has 0 bridgehead atoms. The molecule has 0 amide bonds. The molecule has 1 aliphatic heterocycles. The van der Waals surface area contributed by atoms with Crippen LogP contribution in [0.3, 0.4) is 0 Å². The molecule has 1 aromatic rings. The number of nitrogens with one attached hydrogen (secondary N) is 2. The molecule has 22 heavy (non-hydrogen) atoms. The zero-order valence-electron chi connectivity index (χ0n) is 13.9. The van der Waals surface area contributed by atoms with Crippen LogP contribution >= 0.6 is 11.3 Å². The second kappa shape index (κ2) is 8.48. The molecule has 1 fully saturated rings. The molecular formula is C16H28N4OS. The molecule has 1 atom stereocenters. The van der Waals surface area contributed by atoms with E-state index >= 15 is 0 Å². The third-order valence-corrected chi connectivity index (χ3v) is 4.83. The molecule has 5 nitrogen and oxygen atoms in total. The van der Waals surface area contributed by atoms with Crippen LogP contribution in [0.5, 0.6) is 0 Å². The van der Waals surface area contributed by atoms with Crippen LogP contribution in [0.1, 0.15) is 44.3 Å². The Balaban J connectivity index is 1.80. The number of guanidine groups is 1. The first-order chi connectivity index (χ1) is 10.6. The van der Waals surface area contributed by atoms with Gasteiger partial charge < -0.3 is 15.4 Å². The van der Waals surface area contributed by atoms with Crippen LogP contribution in [0.2, 0.25) is 0 Å². The summed E-state index contributed by atoms with van der Waals surface area (Å²) in [5, 5.41) is 10.0. The molecule has 1 saturated heterocycles. The quantitative estimate of drug-likeness (QED) is 0.597. The summed E-state index contributed by atoms with van der Waals surface area (Å²) < 4.78 is 5.79. The minimum absolute atomic E-state index is 0.0900. The van der Waals surface area contributed by atoms with Gasteiger partial charge in [-0.05, 0) is 33.1 Å². The Kier molecular flexibility index (Phi) is 6.64. The first kappa shape index (κ1) is 17.2. The minimum atomic E-state index is -0.0900. The zero-order chi connectivity index (χ0) is 15.8. The largest absolute Gasteiger partial charge is 0.373 e. The van der Waals surface area contributed by atoms with Crippen molar-refractivity contribution in [2.24, 2.45) is 4.99 Å². The molecule has 0 aliphatic carbocycles. The third-order valence-electron chi connectivity index (χ3n) is 3.79. The predicted molar refractivity (Wildman–Crippen MR) is 92.8 cm³/mol. The summed E-state index contributed by atoms with van der Waals surface area (Å²) in [6.07, 6.45) is 4.17. The molecule has 2 N–H and O–H groups in total. The maximum Gasteiger partial charge on any atom is 0.191 e. The highest BCUT2D eigenvalue weighted by Gasteiger charge is 2.29. The average molecular weight is 324 g/mol. The van der Waals surface area contributed by atoms with Gasteiger partial charge in [-0.2, -0.15) is 0 Å². The van der Waals surface area contributed by atoms with E-state index in [4.69, 9.17) is 4.74 Å². The van der Waals surface area contributed by atoms with Crippen LogP contribution in [0.15, 0.2) is 10.4 Å². The van der Waals surface area contributed by atoms with Crippen LogP contribution in [0.25, 0.3) is 0 Å². The highest BCUT2D eigenvalue weighted by atomic mass is 32.1. The second-order valence-electron chi connectivity index (χ2n) is 5.86. The number of aliphatic imine (C=N–C) groups is 1. The van der Waals surface area contributed by atoms with Crippen LogP contribution in [0.4, 0.5) is 0 Å². The lowest BCUT2D eigenvalue weighted by Crippen LogP contribution is -2.40. The fourth-order valence-electron chi connectivity index (χ4n) is 2.48. The van der Waals surface area contributed by atoms with E-state index in [1.807, 2.05) is 0 Å². The number of hydrogen-bond acceptors (Lipinski definition) is 4. The van der Waals surface area contributed by atoms with E-state index in [1.54, 1.807) is 11.3 Å². The van der Waals surface area contributed by atoms with Crippen molar-refractivity contribution >= 4 is 17.3 Å². The summed E-state index contributed by atoms with van der Waals surface area (Å²) in [4.78, 5) is 9.26. The monoisotopic (exact) mass is 324 g/mol. The Bertz CT molecular complexity index is 480. The van der Waals surface area contributed by atoms with Gasteiger partial charge in [0.1, 0.15) is 0 Å². The summed E-state index contributed by atoms with van der Waals surface area (Å²) in [5.41, 5.74) is 1.07. The van der Waals surface area contributed by atoms with Crippen molar-refractivity contribution in [3.05, 3.63) is 16.1 Å². The summed E-state index contributed by atoms with van der Waals surface area (Å²) in [5.74, 6) is 0.866. The minimum Gasteiger partial charge on any atom is -0.373 e. The fraction of sp³-hybridized carbons (Fsp3) is 0.750. The number of nitrogens with zero attached hydrogens (tertiary/aromatic N) is 2. The van der Waals surface area contributed by atoms with Crippen molar-refractivity contribution < 1.29 is 4.74 Å². The van der Waals surface area contributed by atoms with Gasteiger partial charge >= 0.3 is 0 Å². The molecule has 6 heteroatoms. The van der Waals surface area contributed by atoms with E-state index in [-0.39, 0.29) is 5.60 Å². The molecule has 1 aliphatic rings. The lowest BCUT2D eigenvalue weighted by molar-refractivity contribution is 0.0283. The number of rotatable bonds is 7. The van der Waals surface area contributed by atoms with Crippen molar-refractivity contribution in [1.29, 1.82) is 0 Å². The number of ether oxygens (including phenoxy) is 1. The van der Waals surface area contributed by atoms with Crippen molar-refractivity contribution in [3.63, 3.8) is 0 Å². The lowest BCUT2D eigenvalue weighted by atomic mass is 10.0. The molecule has 0 aromatic carbocycles. The van der Waals surface area contributed by atoms with Gasteiger partial charge in [-0.15, -0.1) is 11.3 Å². The lowest BCUT2D eigenvalue weighted by Gasteiger charge is -2.21. The third kappa shape index (κ3) is 5.25. The molecule has 1 aromatic heterocycles. The van der Waals surface area contributed by atoms with Crippen molar-refractivity contribution in [2.75, 3.05) is 26.2 Å². The highest BCUT2D eigenvalue weighted by Crippen LogP contribution is 2.24. The highest BCUT2D eigenvalue weighted by molar-refractivity contribution is 7.09. The van der Waals surface area contributed by atoms with Gasteiger partial charge in [0.25, 0.3) is 0 Å². The van der Waals surface area contributed by atoms with E-state index in [9.17, 15) is 0 Å². The first-order valence-electron chi connectivity index (χ1n) is 8.24. The summed E-state index contributed by atoms with van der Waals surface area (Å²) in [7, 11) is 0. The van der Waals surface area contributed by atoms with E-state index in [0.29, 0.717) is 6.54 Å². The molecule has 0 spiro atoms. The fourth-order valence-corrected chi connectivity index (χ4v) is 3.26. The van der Waals surface area contributed by atoms with Crippen molar-refractivity contribution in [3.8, 4) is 0 Å². The Morgan fingerprint density at radius 2 is 2.32 bits per heavy atom. The van der Waals surface area contributed by atoms with Crippen LogP contribution in [-0.2, 0) is 17.6 Å². The maximum absolute atomic E-state index is 5.79. The smallest absolute Gasteiger partial charge is 0.191 e. The number of aromatic nitrogens is 1. The number of thiazole rings is 1. The molecule has 2 rings (SSSR count). The SMILES string of the molecule is CCNC(=NCC1(C)CCCO1)NCCc1csc(CC)n1. The van der Waals surface area contributed by atoms with Gasteiger partial charge in [0.05, 0.1) is 22.8 Å². The van der Waals surface area contributed by atoms with Crippen LogP contribution < -0.4 is 10.6 Å². The Morgan fingerprint density at radius 3 is 2.95 bits per heavy atom. The van der Waals surface area contributed by atoms with Crippen LogP contribution in [0, 0.1) is 0 Å². The molecule has 2 heterocycles. The number of aryl methyl sites for hydroxylation is 1. The van der Waals surface area contributed by atoms with Gasteiger partial charge in [-0.25, -0.2) is 4.98 Å². The van der Waals surface area contributed by atoms with Crippen molar-refractivity contribution in [2.45, 2.75) is 52.1 Å². The van der Waals surface area contributed by atoms with Gasteiger partial charge in [0.2, 0.25) is 0 Å².